The maximum Gasteiger partial charge on any atom is 0.254 e. The van der Waals surface area contributed by atoms with Crippen molar-refractivity contribution in [3.05, 3.63) is 51.7 Å². The summed E-state index contributed by atoms with van der Waals surface area (Å²) < 4.78 is 0. The number of phenolic OH excluding ortho intramolecular Hbond substituents is 1. The topological polar surface area (TPSA) is 40.5 Å². The van der Waals surface area contributed by atoms with E-state index in [0.29, 0.717) is 12.1 Å². The highest BCUT2D eigenvalue weighted by atomic mass is 32.1. The van der Waals surface area contributed by atoms with Gasteiger partial charge in [0.1, 0.15) is 5.75 Å². The molecule has 0 spiro atoms. The lowest BCUT2D eigenvalue weighted by molar-refractivity contribution is 0.0786. The van der Waals surface area contributed by atoms with Crippen LogP contribution in [0.4, 0.5) is 0 Å². The number of hydrogen-bond acceptors (Lipinski definition) is 3. The Bertz CT molecular complexity index is 549. The molecule has 0 aliphatic carbocycles. The molecule has 0 aliphatic rings. The van der Waals surface area contributed by atoms with Crippen molar-refractivity contribution in [3.63, 3.8) is 0 Å². The Morgan fingerprint density at radius 1 is 1.39 bits per heavy atom. The van der Waals surface area contributed by atoms with E-state index in [9.17, 15) is 9.90 Å². The van der Waals surface area contributed by atoms with Gasteiger partial charge in [-0.1, -0.05) is 6.07 Å². The number of rotatable bonds is 3. The quantitative estimate of drug-likeness (QED) is 0.922. The maximum atomic E-state index is 12.3. The van der Waals surface area contributed by atoms with Crippen molar-refractivity contribution in [1.82, 2.24) is 4.90 Å². The van der Waals surface area contributed by atoms with Gasteiger partial charge in [0.2, 0.25) is 0 Å². The molecular formula is C14H15NO2S. The summed E-state index contributed by atoms with van der Waals surface area (Å²) in [6.07, 6.45) is 0. The van der Waals surface area contributed by atoms with E-state index in [2.05, 4.69) is 0 Å². The fourth-order valence-corrected chi connectivity index (χ4v) is 2.56. The van der Waals surface area contributed by atoms with Crippen LogP contribution in [0.15, 0.2) is 35.7 Å². The number of aryl methyl sites for hydroxylation is 1. The van der Waals surface area contributed by atoms with Crippen molar-refractivity contribution < 1.29 is 9.90 Å². The Hall–Kier alpha value is -1.81. The summed E-state index contributed by atoms with van der Waals surface area (Å²) in [6, 6.07) is 8.80. The second kappa shape index (κ2) is 5.23. The molecule has 0 bridgehead atoms. The smallest absolute Gasteiger partial charge is 0.254 e. The number of amides is 1. The molecule has 0 saturated heterocycles. The predicted molar refractivity (Wildman–Crippen MR) is 73.0 cm³/mol. The minimum Gasteiger partial charge on any atom is -0.508 e. The first kappa shape index (κ1) is 12.6. The monoisotopic (exact) mass is 261 g/mol. The summed E-state index contributed by atoms with van der Waals surface area (Å²) in [5, 5.41) is 11.3. The molecule has 1 N–H and O–H groups in total. The van der Waals surface area contributed by atoms with Gasteiger partial charge in [-0.15, -0.1) is 11.3 Å². The molecule has 0 saturated carbocycles. The van der Waals surface area contributed by atoms with Gasteiger partial charge < -0.3 is 10.0 Å². The van der Waals surface area contributed by atoms with Gasteiger partial charge in [0.05, 0.1) is 6.54 Å². The number of phenols is 1. The zero-order valence-corrected chi connectivity index (χ0v) is 11.2. The Balaban J connectivity index is 2.15. The van der Waals surface area contributed by atoms with E-state index in [4.69, 9.17) is 0 Å². The molecule has 0 aliphatic heterocycles. The summed E-state index contributed by atoms with van der Waals surface area (Å²) in [5.41, 5.74) is 1.42. The molecule has 0 unspecified atom stereocenters. The van der Waals surface area contributed by atoms with Crippen LogP contribution in [0.2, 0.25) is 0 Å². The lowest BCUT2D eigenvalue weighted by Gasteiger charge is -2.17. The van der Waals surface area contributed by atoms with Gasteiger partial charge in [0.25, 0.3) is 5.91 Å². The van der Waals surface area contributed by atoms with Crippen LogP contribution in [0.1, 0.15) is 20.8 Å². The SMILES string of the molecule is Cc1cc(O)ccc1C(=O)N(C)Cc1cccs1. The molecule has 18 heavy (non-hydrogen) atoms. The third kappa shape index (κ3) is 2.71. The molecule has 3 nitrogen and oxygen atoms in total. The predicted octanol–water partition coefficient (Wildman–Crippen LogP) is 3.03. The Morgan fingerprint density at radius 3 is 2.78 bits per heavy atom. The highest BCUT2D eigenvalue weighted by molar-refractivity contribution is 7.09. The van der Waals surface area contributed by atoms with Crippen molar-refractivity contribution in [2.45, 2.75) is 13.5 Å². The zero-order chi connectivity index (χ0) is 13.1. The van der Waals surface area contributed by atoms with Crippen molar-refractivity contribution in [3.8, 4) is 5.75 Å². The van der Waals surface area contributed by atoms with Crippen LogP contribution in [0.25, 0.3) is 0 Å². The highest BCUT2D eigenvalue weighted by Gasteiger charge is 2.14. The number of nitrogens with zero attached hydrogens (tertiary/aromatic N) is 1. The highest BCUT2D eigenvalue weighted by Crippen LogP contribution is 2.18. The molecule has 2 rings (SSSR count). The van der Waals surface area contributed by atoms with Crippen LogP contribution in [0.5, 0.6) is 5.75 Å². The largest absolute Gasteiger partial charge is 0.508 e. The Kier molecular flexibility index (Phi) is 3.67. The number of hydrogen-bond donors (Lipinski definition) is 1. The van der Waals surface area contributed by atoms with E-state index in [-0.39, 0.29) is 11.7 Å². The number of carbonyl (C=O) groups excluding carboxylic acids is 1. The van der Waals surface area contributed by atoms with Crippen LogP contribution in [-0.4, -0.2) is 23.0 Å². The van der Waals surface area contributed by atoms with Gasteiger partial charge in [-0.25, -0.2) is 0 Å². The van der Waals surface area contributed by atoms with Crippen LogP contribution < -0.4 is 0 Å². The Morgan fingerprint density at radius 2 is 2.17 bits per heavy atom. The molecule has 1 heterocycles. The number of benzene rings is 1. The van der Waals surface area contributed by atoms with E-state index in [1.54, 1.807) is 41.5 Å². The fraction of sp³-hybridized carbons (Fsp3) is 0.214. The van der Waals surface area contributed by atoms with Gasteiger partial charge >= 0.3 is 0 Å². The molecule has 0 fully saturated rings. The van der Waals surface area contributed by atoms with Crippen molar-refractivity contribution >= 4 is 17.2 Å². The third-order valence-electron chi connectivity index (χ3n) is 2.76. The van der Waals surface area contributed by atoms with Crippen LogP contribution in [0.3, 0.4) is 0 Å². The zero-order valence-electron chi connectivity index (χ0n) is 10.4. The van der Waals surface area contributed by atoms with Gasteiger partial charge in [0.15, 0.2) is 0 Å². The first-order chi connectivity index (χ1) is 8.58. The summed E-state index contributed by atoms with van der Waals surface area (Å²) >= 11 is 1.64. The maximum absolute atomic E-state index is 12.3. The van der Waals surface area contributed by atoms with E-state index in [1.807, 2.05) is 24.4 Å². The lowest BCUT2D eigenvalue weighted by atomic mass is 10.1. The van der Waals surface area contributed by atoms with Gasteiger partial charge in [0, 0.05) is 17.5 Å². The third-order valence-corrected chi connectivity index (χ3v) is 3.62. The average Bonchev–Trinajstić information content (AvgIpc) is 2.81. The van der Waals surface area contributed by atoms with Gasteiger partial charge in [-0.2, -0.15) is 0 Å². The standard InChI is InChI=1S/C14H15NO2S/c1-10-8-11(16)5-6-13(10)14(17)15(2)9-12-4-3-7-18-12/h3-8,16H,9H2,1-2H3. The Labute approximate surface area is 110 Å². The minimum atomic E-state index is -0.0269. The molecule has 1 aromatic carbocycles. The van der Waals surface area contributed by atoms with E-state index in [0.717, 1.165) is 10.4 Å². The summed E-state index contributed by atoms with van der Waals surface area (Å²) in [6.45, 7) is 2.43. The molecule has 0 atom stereocenters. The number of aromatic hydroxyl groups is 1. The van der Waals surface area contributed by atoms with Crippen molar-refractivity contribution in [1.29, 1.82) is 0 Å². The summed E-state index contributed by atoms with van der Waals surface area (Å²) in [5.74, 6) is 0.158. The summed E-state index contributed by atoms with van der Waals surface area (Å²) in [7, 11) is 1.79. The number of thiophene rings is 1. The van der Waals surface area contributed by atoms with Crippen LogP contribution in [0, 0.1) is 6.92 Å². The molecule has 1 amide bonds. The average molecular weight is 261 g/mol. The number of carbonyl (C=O) groups is 1. The molecule has 0 radical (unpaired) electrons. The van der Waals surface area contributed by atoms with Crippen LogP contribution >= 0.6 is 11.3 Å². The molecule has 94 valence electrons. The first-order valence-corrected chi connectivity index (χ1v) is 6.53. The van der Waals surface area contributed by atoms with Crippen molar-refractivity contribution in [2.24, 2.45) is 0 Å². The van der Waals surface area contributed by atoms with E-state index < -0.39 is 0 Å². The van der Waals surface area contributed by atoms with E-state index in [1.165, 1.54) is 0 Å². The second-order valence-corrected chi connectivity index (χ2v) is 5.27. The first-order valence-electron chi connectivity index (χ1n) is 5.65. The minimum absolute atomic E-state index is 0.0269. The molecule has 1 aromatic heterocycles. The lowest BCUT2D eigenvalue weighted by Crippen LogP contribution is -2.26. The summed E-state index contributed by atoms with van der Waals surface area (Å²) in [4.78, 5) is 15.1. The van der Waals surface area contributed by atoms with E-state index >= 15 is 0 Å². The normalized spacial score (nSPS) is 10.3. The molecule has 4 heteroatoms. The van der Waals surface area contributed by atoms with Gasteiger partial charge in [-0.05, 0) is 42.1 Å². The van der Waals surface area contributed by atoms with Crippen LogP contribution in [-0.2, 0) is 6.54 Å². The molecular weight excluding hydrogens is 246 g/mol. The van der Waals surface area contributed by atoms with Crippen molar-refractivity contribution in [2.75, 3.05) is 7.05 Å². The molecule has 2 aromatic rings. The fourth-order valence-electron chi connectivity index (χ4n) is 1.80. The van der Waals surface area contributed by atoms with Gasteiger partial charge in [-0.3, -0.25) is 4.79 Å². The second-order valence-electron chi connectivity index (χ2n) is 4.24.